The van der Waals surface area contributed by atoms with Gasteiger partial charge in [0.05, 0.1) is 40.3 Å². The van der Waals surface area contributed by atoms with Gasteiger partial charge < -0.3 is 9.13 Å². The van der Waals surface area contributed by atoms with Gasteiger partial charge in [0.25, 0.3) is 0 Å². The van der Waals surface area contributed by atoms with E-state index in [0.717, 1.165) is 46.6 Å². The molecule has 6 nitrogen and oxygen atoms in total. The van der Waals surface area contributed by atoms with Crippen molar-refractivity contribution >= 4 is 44.5 Å². The number of hydrogen-bond donors (Lipinski definition) is 0. The lowest BCUT2D eigenvalue weighted by Crippen LogP contribution is -2.25. The van der Waals surface area contributed by atoms with Crippen LogP contribution in [0.5, 0.6) is 0 Å². The summed E-state index contributed by atoms with van der Waals surface area (Å²) in [7, 11) is 0. The minimum Gasteiger partial charge on any atom is -0.310 e. The van der Waals surface area contributed by atoms with E-state index in [9.17, 15) is 0 Å². The van der Waals surface area contributed by atoms with Gasteiger partial charge in [0.15, 0.2) is 11.6 Å². The number of nitrogens with zero attached hydrogens (tertiary/aromatic N) is 6. The van der Waals surface area contributed by atoms with Gasteiger partial charge in [0, 0.05) is 44.1 Å². The Morgan fingerprint density at radius 3 is 2.02 bits per heavy atom. The van der Waals surface area contributed by atoms with Crippen LogP contribution in [0.25, 0.3) is 84.3 Å². The van der Waals surface area contributed by atoms with Gasteiger partial charge in [-0.2, -0.15) is 0 Å². The molecule has 278 valence electrons. The third-order valence-corrected chi connectivity index (χ3v) is 12.0. The third kappa shape index (κ3) is 5.63. The topological polar surface area (TPSA) is 61.4 Å². The molecule has 11 rings (SSSR count). The minimum absolute atomic E-state index is 0.220. The normalized spacial score (nSPS) is 17.6. The van der Waals surface area contributed by atoms with Gasteiger partial charge in [-0.25, -0.2) is 19.9 Å². The Hall–Kier alpha value is -7.18. The molecule has 2 unspecified atom stereocenters. The standard InChI is InChI=1S/C52H40N6/c1-34-14-13-19-38(28-34)57-46-22-11-9-20-40(46)42-25-24-37(29-49(42)57)52(2)27-26-48-43(31-52)41-21-10-12-23-47(41)58(48)39-32-53-51(54-33-39)45-30-44(35-15-5-3-6-16-35)55-50(56-45)36-17-7-4-8-18-36/h3-13,15-30,32-34H,14,31H2,1-2H3. The molecule has 6 heteroatoms. The fraction of sp³-hybridized carbons (Fsp3) is 0.115. The van der Waals surface area contributed by atoms with Crippen LogP contribution in [-0.2, 0) is 11.8 Å². The van der Waals surface area contributed by atoms with Crippen LogP contribution in [-0.4, -0.2) is 29.1 Å². The Labute approximate surface area is 337 Å². The Balaban J connectivity index is 0.989. The van der Waals surface area contributed by atoms with Crippen LogP contribution in [0.2, 0.25) is 0 Å². The van der Waals surface area contributed by atoms with Gasteiger partial charge in [0.1, 0.15) is 5.69 Å². The van der Waals surface area contributed by atoms with Gasteiger partial charge in [0.2, 0.25) is 0 Å². The number of benzene rings is 5. The van der Waals surface area contributed by atoms with Crippen LogP contribution in [0.15, 0.2) is 170 Å². The number of allylic oxidation sites excluding steroid dienone is 5. The van der Waals surface area contributed by atoms with Gasteiger partial charge in [-0.05, 0) is 66.3 Å². The zero-order valence-electron chi connectivity index (χ0n) is 32.4. The van der Waals surface area contributed by atoms with E-state index in [2.05, 4.69) is 132 Å². The zero-order chi connectivity index (χ0) is 38.8. The van der Waals surface area contributed by atoms with E-state index < -0.39 is 0 Å². The predicted molar refractivity (Wildman–Crippen MR) is 237 cm³/mol. The second-order valence-electron chi connectivity index (χ2n) is 15.9. The summed E-state index contributed by atoms with van der Waals surface area (Å²) in [5, 5.41) is 3.81. The van der Waals surface area contributed by atoms with Gasteiger partial charge in [-0.3, -0.25) is 0 Å². The molecule has 0 saturated heterocycles. The van der Waals surface area contributed by atoms with E-state index in [1.807, 2.05) is 67.0 Å². The number of fused-ring (bicyclic) bond motifs is 6. The molecule has 2 aliphatic rings. The fourth-order valence-electron chi connectivity index (χ4n) is 9.03. The molecule has 0 fully saturated rings. The lowest BCUT2D eigenvalue weighted by atomic mass is 9.73. The summed E-state index contributed by atoms with van der Waals surface area (Å²) >= 11 is 0. The van der Waals surface area contributed by atoms with Crippen LogP contribution in [0, 0.1) is 5.92 Å². The minimum atomic E-state index is -0.220. The van der Waals surface area contributed by atoms with E-state index in [0.29, 0.717) is 23.3 Å². The van der Waals surface area contributed by atoms with E-state index in [4.69, 9.17) is 19.9 Å². The molecule has 0 aliphatic heterocycles. The molecular weight excluding hydrogens is 709 g/mol. The number of para-hydroxylation sites is 2. The first kappa shape index (κ1) is 34.1. The van der Waals surface area contributed by atoms with Crippen molar-refractivity contribution in [2.24, 2.45) is 5.92 Å². The summed E-state index contributed by atoms with van der Waals surface area (Å²) in [6.07, 6.45) is 17.5. The summed E-state index contributed by atoms with van der Waals surface area (Å²) in [4.78, 5) is 19.8. The molecule has 0 saturated carbocycles. The highest BCUT2D eigenvalue weighted by Gasteiger charge is 2.32. The first-order valence-corrected chi connectivity index (χ1v) is 20.1. The van der Waals surface area contributed by atoms with Crippen LogP contribution in [0.3, 0.4) is 0 Å². The molecule has 0 radical (unpaired) electrons. The molecule has 0 N–H and O–H groups in total. The SMILES string of the molecule is CC1C=C(n2c3ccccc3c3ccc(C4(C)C=Cc5c(c6ccccc6n5-c5cnc(-c6cc(-c7ccccc7)nc(-c7ccccc7)n6)nc5)C4)cc32)C=CC1. The zero-order valence-corrected chi connectivity index (χ0v) is 32.4. The molecule has 4 aromatic heterocycles. The van der Waals surface area contributed by atoms with E-state index in [1.54, 1.807) is 0 Å². The first-order valence-electron chi connectivity index (χ1n) is 20.1. The smallest absolute Gasteiger partial charge is 0.178 e. The molecule has 0 bridgehead atoms. The molecule has 0 spiro atoms. The lowest BCUT2D eigenvalue weighted by Gasteiger charge is -2.31. The van der Waals surface area contributed by atoms with Crippen molar-refractivity contribution in [3.63, 3.8) is 0 Å². The fourth-order valence-corrected chi connectivity index (χ4v) is 9.03. The third-order valence-electron chi connectivity index (χ3n) is 12.0. The highest BCUT2D eigenvalue weighted by Crippen LogP contribution is 2.43. The first-order chi connectivity index (χ1) is 28.5. The van der Waals surface area contributed by atoms with Gasteiger partial charge in [-0.1, -0.05) is 141 Å². The summed E-state index contributed by atoms with van der Waals surface area (Å²) in [6, 6.07) is 46.9. The monoisotopic (exact) mass is 748 g/mol. The largest absolute Gasteiger partial charge is 0.310 e. The molecule has 0 amide bonds. The number of hydrogen-bond acceptors (Lipinski definition) is 4. The quantitative estimate of drug-likeness (QED) is 0.170. The maximum absolute atomic E-state index is 4.96. The average Bonchev–Trinajstić information content (AvgIpc) is 3.79. The maximum Gasteiger partial charge on any atom is 0.178 e. The van der Waals surface area contributed by atoms with Gasteiger partial charge in [-0.15, -0.1) is 0 Å². The molecule has 4 heterocycles. The molecule has 2 atom stereocenters. The van der Waals surface area contributed by atoms with Crippen molar-refractivity contribution in [3.05, 3.63) is 187 Å². The molecule has 9 aromatic rings. The summed E-state index contributed by atoms with van der Waals surface area (Å²) in [6.45, 7) is 4.67. The van der Waals surface area contributed by atoms with Crippen LogP contribution in [0.4, 0.5) is 0 Å². The van der Waals surface area contributed by atoms with E-state index >= 15 is 0 Å². The second-order valence-corrected chi connectivity index (χ2v) is 15.9. The van der Waals surface area contributed by atoms with Crippen LogP contribution < -0.4 is 0 Å². The van der Waals surface area contributed by atoms with Gasteiger partial charge >= 0.3 is 0 Å². The predicted octanol–water partition coefficient (Wildman–Crippen LogP) is 12.3. The van der Waals surface area contributed by atoms with E-state index in [-0.39, 0.29) is 5.41 Å². The van der Waals surface area contributed by atoms with Crippen molar-refractivity contribution in [2.75, 3.05) is 0 Å². The van der Waals surface area contributed by atoms with Crippen LogP contribution in [0.1, 0.15) is 37.1 Å². The highest BCUT2D eigenvalue weighted by atomic mass is 15.0. The lowest BCUT2D eigenvalue weighted by molar-refractivity contribution is 0.588. The second kappa shape index (κ2) is 13.5. The molecule has 2 aliphatic carbocycles. The summed E-state index contributed by atoms with van der Waals surface area (Å²) in [5.74, 6) is 1.69. The van der Waals surface area contributed by atoms with Crippen molar-refractivity contribution in [2.45, 2.75) is 32.1 Å². The Morgan fingerprint density at radius 1 is 0.603 bits per heavy atom. The Morgan fingerprint density at radius 2 is 1.26 bits per heavy atom. The highest BCUT2D eigenvalue weighted by molar-refractivity contribution is 6.10. The molecular formula is C52H40N6. The Bertz CT molecular complexity index is 3070. The van der Waals surface area contributed by atoms with Crippen molar-refractivity contribution in [1.29, 1.82) is 0 Å². The average molecular weight is 749 g/mol. The van der Waals surface area contributed by atoms with Crippen LogP contribution >= 0.6 is 0 Å². The van der Waals surface area contributed by atoms with Crippen molar-refractivity contribution in [3.8, 4) is 39.9 Å². The van der Waals surface area contributed by atoms with Crippen molar-refractivity contribution in [1.82, 2.24) is 29.1 Å². The summed E-state index contributed by atoms with van der Waals surface area (Å²) < 4.78 is 4.77. The maximum atomic E-state index is 4.96. The number of rotatable bonds is 6. The number of aromatic nitrogens is 6. The Kier molecular flexibility index (Phi) is 7.93. The molecule has 5 aromatic carbocycles. The van der Waals surface area contributed by atoms with E-state index in [1.165, 1.54) is 44.0 Å². The summed E-state index contributed by atoms with van der Waals surface area (Å²) in [5.41, 5.74) is 12.8. The molecule has 58 heavy (non-hydrogen) atoms. The van der Waals surface area contributed by atoms with Crippen molar-refractivity contribution < 1.29 is 0 Å².